The Hall–Kier alpha value is -2.92. The maximum Gasteiger partial charge on any atom is 0.409 e. The fourth-order valence-electron chi connectivity index (χ4n) is 3.71. The molecule has 0 saturated carbocycles. The topological polar surface area (TPSA) is 95.6 Å². The van der Waals surface area contributed by atoms with Gasteiger partial charge in [0.15, 0.2) is 5.16 Å². The zero-order chi connectivity index (χ0) is 23.5. The number of benzene rings is 1. The van der Waals surface area contributed by atoms with Crippen LogP contribution in [0.15, 0.2) is 34.2 Å². The lowest BCUT2D eigenvalue weighted by atomic mass is 10.0. The molecule has 0 aliphatic carbocycles. The van der Waals surface area contributed by atoms with Crippen LogP contribution in [-0.4, -0.2) is 70.3 Å². The van der Waals surface area contributed by atoms with E-state index in [2.05, 4.69) is 9.97 Å². The number of halogens is 1. The summed E-state index contributed by atoms with van der Waals surface area (Å²) < 4.78 is 18.3. The summed E-state index contributed by atoms with van der Waals surface area (Å²) in [5, 5.41) is 0.841. The molecule has 0 bridgehead atoms. The van der Waals surface area contributed by atoms with Crippen LogP contribution in [0.5, 0.6) is 0 Å². The van der Waals surface area contributed by atoms with Gasteiger partial charge in [0.1, 0.15) is 10.6 Å². The lowest BCUT2D eigenvalue weighted by Crippen LogP contribution is -2.51. The highest BCUT2D eigenvalue weighted by atomic mass is 32.2. The summed E-state index contributed by atoms with van der Waals surface area (Å²) in [5.41, 5.74) is 1.21. The predicted molar refractivity (Wildman–Crippen MR) is 126 cm³/mol. The molecule has 1 saturated heterocycles. The Balaban J connectivity index is 1.44. The van der Waals surface area contributed by atoms with Crippen molar-refractivity contribution in [3.05, 3.63) is 45.3 Å². The van der Waals surface area contributed by atoms with Gasteiger partial charge in [0, 0.05) is 36.6 Å². The Morgan fingerprint density at radius 1 is 1.18 bits per heavy atom. The molecule has 1 N–H and O–H groups in total. The second kappa shape index (κ2) is 9.92. The average molecular weight is 491 g/mol. The number of H-pyrrole nitrogens is 1. The molecule has 2 aromatic heterocycles. The first-order valence-corrected chi connectivity index (χ1v) is 12.3. The second-order valence-electron chi connectivity index (χ2n) is 7.45. The third-order valence-electron chi connectivity index (χ3n) is 5.34. The van der Waals surface area contributed by atoms with Crippen LogP contribution in [0.3, 0.4) is 0 Å². The van der Waals surface area contributed by atoms with Crippen LogP contribution < -0.4 is 5.56 Å². The van der Waals surface area contributed by atoms with Gasteiger partial charge in [-0.25, -0.2) is 14.2 Å². The highest BCUT2D eigenvalue weighted by Crippen LogP contribution is 2.36. The van der Waals surface area contributed by atoms with E-state index in [9.17, 15) is 18.8 Å². The van der Waals surface area contributed by atoms with E-state index in [1.165, 1.54) is 35.2 Å². The zero-order valence-electron chi connectivity index (χ0n) is 18.2. The van der Waals surface area contributed by atoms with Crippen molar-refractivity contribution < 1.29 is 18.7 Å². The first kappa shape index (κ1) is 23.2. The largest absolute Gasteiger partial charge is 0.450 e. The molecule has 0 spiro atoms. The van der Waals surface area contributed by atoms with E-state index in [4.69, 9.17) is 4.74 Å². The van der Waals surface area contributed by atoms with E-state index in [1.54, 1.807) is 28.9 Å². The van der Waals surface area contributed by atoms with Crippen molar-refractivity contribution in [3.8, 4) is 11.1 Å². The number of piperazine rings is 1. The van der Waals surface area contributed by atoms with Crippen LogP contribution in [-0.2, 0) is 9.53 Å². The van der Waals surface area contributed by atoms with Crippen molar-refractivity contribution in [1.29, 1.82) is 0 Å². The lowest BCUT2D eigenvalue weighted by Gasteiger charge is -2.34. The van der Waals surface area contributed by atoms with Gasteiger partial charge >= 0.3 is 6.09 Å². The van der Waals surface area contributed by atoms with Crippen molar-refractivity contribution in [1.82, 2.24) is 19.8 Å². The summed E-state index contributed by atoms with van der Waals surface area (Å²) in [6.45, 7) is 5.70. The number of ether oxygens (including phenoxy) is 1. The van der Waals surface area contributed by atoms with Gasteiger partial charge in [0.25, 0.3) is 5.56 Å². The number of aryl methyl sites for hydroxylation is 1. The van der Waals surface area contributed by atoms with E-state index in [-0.39, 0.29) is 29.1 Å². The number of nitrogens with zero attached hydrogens (tertiary/aromatic N) is 3. The summed E-state index contributed by atoms with van der Waals surface area (Å²) in [6.07, 6.45) is -0.361. The summed E-state index contributed by atoms with van der Waals surface area (Å²) in [6, 6.07) is 6.02. The molecule has 3 aromatic rings. The van der Waals surface area contributed by atoms with Crippen molar-refractivity contribution in [3.63, 3.8) is 0 Å². The molecule has 1 fully saturated rings. The summed E-state index contributed by atoms with van der Waals surface area (Å²) in [4.78, 5) is 49.3. The average Bonchev–Trinajstić information content (AvgIpc) is 3.14. The van der Waals surface area contributed by atoms with E-state index >= 15 is 0 Å². The Bertz CT molecular complexity index is 1230. The molecule has 1 aliphatic rings. The molecule has 1 aromatic carbocycles. The molecule has 8 nitrogen and oxygen atoms in total. The minimum absolute atomic E-state index is 0.0828. The number of thioether (sulfide) groups is 1. The fourth-order valence-corrected chi connectivity index (χ4v) is 5.57. The van der Waals surface area contributed by atoms with Gasteiger partial charge in [-0.3, -0.25) is 9.59 Å². The van der Waals surface area contributed by atoms with Crippen molar-refractivity contribution >= 4 is 45.3 Å². The maximum atomic E-state index is 13.3. The van der Waals surface area contributed by atoms with Crippen LogP contribution in [0, 0.1) is 12.7 Å². The first-order valence-electron chi connectivity index (χ1n) is 10.5. The van der Waals surface area contributed by atoms with E-state index in [0.717, 1.165) is 16.0 Å². The highest BCUT2D eigenvalue weighted by molar-refractivity contribution is 7.99. The number of rotatable bonds is 5. The lowest BCUT2D eigenvalue weighted by molar-refractivity contribution is -0.129. The molecule has 0 radical (unpaired) electrons. The van der Waals surface area contributed by atoms with Crippen molar-refractivity contribution in [2.45, 2.75) is 19.0 Å². The highest BCUT2D eigenvalue weighted by Gasteiger charge is 2.25. The number of amides is 2. The Kier molecular flexibility index (Phi) is 6.99. The molecule has 1 aliphatic heterocycles. The second-order valence-corrected chi connectivity index (χ2v) is 9.61. The third kappa shape index (κ3) is 5.03. The van der Waals surface area contributed by atoms with Crippen molar-refractivity contribution in [2.24, 2.45) is 0 Å². The number of hydrogen-bond donors (Lipinski definition) is 1. The number of fused-ring (bicyclic) bond motifs is 1. The quantitative estimate of drug-likeness (QED) is 0.435. The molecule has 11 heteroatoms. The molecule has 0 atom stereocenters. The van der Waals surface area contributed by atoms with Gasteiger partial charge in [-0.05, 0) is 31.5 Å². The number of carbonyl (C=O) groups is 2. The van der Waals surface area contributed by atoms with E-state index < -0.39 is 0 Å². The van der Waals surface area contributed by atoms with Gasteiger partial charge in [-0.15, -0.1) is 11.3 Å². The van der Waals surface area contributed by atoms with Gasteiger partial charge in [0.2, 0.25) is 5.91 Å². The normalized spacial score (nSPS) is 14.0. The maximum absolute atomic E-state index is 13.3. The molecular formula is C22H23FN4O4S2. The van der Waals surface area contributed by atoms with Gasteiger partial charge in [-0.1, -0.05) is 23.9 Å². The number of aromatic nitrogens is 2. The minimum Gasteiger partial charge on any atom is -0.450 e. The SMILES string of the molecule is CCOC(=O)N1CCN(C(=O)CSc2nc3sc(C)c(-c4ccc(F)cc4)c3c(=O)[nH]2)CC1. The Labute approximate surface area is 197 Å². The number of aromatic amines is 1. The molecule has 0 unspecified atom stereocenters. The fraction of sp³-hybridized carbons (Fsp3) is 0.364. The summed E-state index contributed by atoms with van der Waals surface area (Å²) in [5.74, 6) is -0.294. The molecule has 4 rings (SSSR count). The van der Waals surface area contributed by atoms with Crippen LogP contribution in [0.25, 0.3) is 21.3 Å². The van der Waals surface area contributed by atoms with Gasteiger partial charge in [0.05, 0.1) is 17.7 Å². The van der Waals surface area contributed by atoms with Crippen LogP contribution in [0.1, 0.15) is 11.8 Å². The smallest absolute Gasteiger partial charge is 0.409 e. The molecule has 3 heterocycles. The molecule has 174 valence electrons. The van der Waals surface area contributed by atoms with Gasteiger partial charge < -0.3 is 19.5 Å². The van der Waals surface area contributed by atoms with Crippen LogP contribution in [0.4, 0.5) is 9.18 Å². The number of nitrogens with one attached hydrogen (secondary N) is 1. The third-order valence-corrected chi connectivity index (χ3v) is 7.20. The standard InChI is InChI=1S/C22H23FN4O4S2/c1-3-31-22(30)27-10-8-26(9-11-27)16(28)12-32-21-24-19(29)18-17(13(2)33-20(18)25-21)14-4-6-15(23)7-5-14/h4-7H,3,8-12H2,1-2H3,(H,24,25,29). The molecular weight excluding hydrogens is 467 g/mol. The molecule has 33 heavy (non-hydrogen) atoms. The van der Waals surface area contributed by atoms with E-state index in [1.807, 2.05) is 6.92 Å². The van der Waals surface area contributed by atoms with Crippen LogP contribution in [0.2, 0.25) is 0 Å². The van der Waals surface area contributed by atoms with Crippen molar-refractivity contribution in [2.75, 3.05) is 38.5 Å². The van der Waals surface area contributed by atoms with E-state index in [0.29, 0.717) is 48.2 Å². The van der Waals surface area contributed by atoms with Gasteiger partial charge in [-0.2, -0.15) is 0 Å². The number of carbonyl (C=O) groups excluding carboxylic acids is 2. The summed E-state index contributed by atoms with van der Waals surface area (Å²) in [7, 11) is 0. The minimum atomic E-state index is -0.361. The number of thiophene rings is 1. The first-order chi connectivity index (χ1) is 15.9. The monoisotopic (exact) mass is 490 g/mol. The predicted octanol–water partition coefficient (Wildman–Crippen LogP) is 3.49. The summed E-state index contributed by atoms with van der Waals surface area (Å²) >= 11 is 2.57. The molecule has 2 amide bonds. The Morgan fingerprint density at radius 2 is 1.85 bits per heavy atom. The zero-order valence-corrected chi connectivity index (χ0v) is 19.9. The number of hydrogen-bond acceptors (Lipinski definition) is 7. The Morgan fingerprint density at radius 3 is 2.52 bits per heavy atom. The van der Waals surface area contributed by atoms with Crippen LogP contribution >= 0.6 is 23.1 Å².